The number of nitrogens with one attached hydrogen (secondary N) is 1. The van der Waals surface area contributed by atoms with E-state index in [2.05, 4.69) is 5.32 Å². The Hall–Kier alpha value is -2.97. The second kappa shape index (κ2) is 8.76. The summed E-state index contributed by atoms with van der Waals surface area (Å²) >= 11 is 5.97. The van der Waals surface area contributed by atoms with Gasteiger partial charge in [0.2, 0.25) is 0 Å². The first-order chi connectivity index (χ1) is 12.1. The number of hydrogen-bond acceptors (Lipinski definition) is 4. The van der Waals surface area contributed by atoms with Crippen molar-refractivity contribution in [3.63, 3.8) is 0 Å². The quantitative estimate of drug-likeness (QED) is 0.619. The molecule has 0 saturated heterocycles. The monoisotopic (exact) mass is 356 g/mol. The van der Waals surface area contributed by atoms with E-state index in [4.69, 9.17) is 21.1 Å². The van der Waals surface area contributed by atoms with Crippen molar-refractivity contribution in [2.75, 3.05) is 19.0 Å². The third-order valence-electron chi connectivity index (χ3n) is 3.26. The van der Waals surface area contributed by atoms with E-state index in [-0.39, 0.29) is 5.57 Å². The molecule has 0 aliphatic rings. The number of rotatable bonds is 6. The van der Waals surface area contributed by atoms with Crippen LogP contribution in [0.3, 0.4) is 0 Å². The van der Waals surface area contributed by atoms with Crippen LogP contribution in [-0.2, 0) is 4.79 Å². The standard InChI is InChI=1S/C19H17ClN2O3/c1-3-25-17-6-4-5-16(11-17)22-19(23)14(12-21)9-13-10-15(20)7-8-18(13)24-2/h4-11H,3H2,1-2H3,(H,22,23)/b14-9-. The largest absolute Gasteiger partial charge is 0.496 e. The summed E-state index contributed by atoms with van der Waals surface area (Å²) in [4.78, 5) is 12.4. The van der Waals surface area contributed by atoms with E-state index in [1.807, 2.05) is 13.0 Å². The third-order valence-corrected chi connectivity index (χ3v) is 3.49. The minimum absolute atomic E-state index is 0.0672. The van der Waals surface area contributed by atoms with Gasteiger partial charge in [0.1, 0.15) is 23.1 Å². The van der Waals surface area contributed by atoms with Crippen LogP contribution in [0.1, 0.15) is 12.5 Å². The van der Waals surface area contributed by atoms with E-state index in [0.717, 1.165) is 0 Å². The molecule has 2 aromatic rings. The lowest BCUT2D eigenvalue weighted by molar-refractivity contribution is -0.112. The van der Waals surface area contributed by atoms with Crippen molar-refractivity contribution in [3.8, 4) is 17.6 Å². The molecule has 0 aromatic heterocycles. The van der Waals surface area contributed by atoms with Crippen molar-refractivity contribution in [1.82, 2.24) is 0 Å². The van der Waals surface area contributed by atoms with Gasteiger partial charge in [0.15, 0.2) is 0 Å². The average molecular weight is 357 g/mol. The lowest BCUT2D eigenvalue weighted by Crippen LogP contribution is -2.13. The topological polar surface area (TPSA) is 71.3 Å². The van der Waals surface area contributed by atoms with Gasteiger partial charge in [-0.25, -0.2) is 0 Å². The highest BCUT2D eigenvalue weighted by Gasteiger charge is 2.12. The lowest BCUT2D eigenvalue weighted by atomic mass is 10.1. The van der Waals surface area contributed by atoms with Gasteiger partial charge in [0.05, 0.1) is 13.7 Å². The van der Waals surface area contributed by atoms with Gasteiger partial charge in [-0.3, -0.25) is 4.79 Å². The summed E-state index contributed by atoms with van der Waals surface area (Å²) in [6, 6.07) is 13.8. The number of carbonyl (C=O) groups excluding carboxylic acids is 1. The van der Waals surface area contributed by atoms with Gasteiger partial charge in [-0.15, -0.1) is 0 Å². The second-order valence-corrected chi connectivity index (χ2v) is 5.41. The predicted octanol–water partition coefficient (Wildman–Crippen LogP) is 4.29. The Morgan fingerprint density at radius 3 is 2.80 bits per heavy atom. The van der Waals surface area contributed by atoms with Gasteiger partial charge >= 0.3 is 0 Å². The fourth-order valence-electron chi connectivity index (χ4n) is 2.15. The Kier molecular flexibility index (Phi) is 6.44. The highest BCUT2D eigenvalue weighted by Crippen LogP contribution is 2.25. The number of anilines is 1. The van der Waals surface area contributed by atoms with Crippen molar-refractivity contribution in [1.29, 1.82) is 5.26 Å². The SMILES string of the molecule is CCOc1cccc(NC(=O)/C(C#N)=C\c2cc(Cl)ccc2OC)c1. The second-order valence-electron chi connectivity index (χ2n) is 4.97. The van der Waals surface area contributed by atoms with E-state index < -0.39 is 5.91 Å². The minimum Gasteiger partial charge on any atom is -0.496 e. The number of methoxy groups -OCH3 is 1. The zero-order valence-electron chi connectivity index (χ0n) is 13.9. The van der Waals surface area contributed by atoms with Gasteiger partial charge in [0.25, 0.3) is 5.91 Å². The van der Waals surface area contributed by atoms with Crippen molar-refractivity contribution >= 4 is 29.3 Å². The van der Waals surface area contributed by atoms with Crippen molar-refractivity contribution < 1.29 is 14.3 Å². The Balaban J connectivity index is 2.26. The molecule has 0 aliphatic heterocycles. The Labute approximate surface area is 151 Å². The summed E-state index contributed by atoms with van der Waals surface area (Å²) in [6.07, 6.45) is 1.44. The van der Waals surface area contributed by atoms with Crippen LogP contribution in [-0.4, -0.2) is 19.6 Å². The Morgan fingerprint density at radius 1 is 1.32 bits per heavy atom. The van der Waals surface area contributed by atoms with Crippen molar-refractivity contribution in [2.45, 2.75) is 6.92 Å². The van der Waals surface area contributed by atoms with Crippen LogP contribution in [0.5, 0.6) is 11.5 Å². The summed E-state index contributed by atoms with van der Waals surface area (Å²) in [5.74, 6) is 0.626. The van der Waals surface area contributed by atoms with Gasteiger partial charge in [-0.05, 0) is 43.3 Å². The molecule has 1 amide bonds. The molecule has 1 N–H and O–H groups in total. The van der Waals surface area contributed by atoms with Crippen molar-refractivity contribution in [2.24, 2.45) is 0 Å². The maximum absolute atomic E-state index is 12.4. The number of nitrogens with zero attached hydrogens (tertiary/aromatic N) is 1. The fourth-order valence-corrected chi connectivity index (χ4v) is 2.33. The van der Waals surface area contributed by atoms with E-state index >= 15 is 0 Å². The average Bonchev–Trinajstić information content (AvgIpc) is 2.60. The normalized spacial score (nSPS) is 10.7. The fraction of sp³-hybridized carbons (Fsp3) is 0.158. The number of halogens is 1. The molecule has 0 radical (unpaired) electrons. The molecule has 0 bridgehead atoms. The zero-order chi connectivity index (χ0) is 18.2. The summed E-state index contributed by atoms with van der Waals surface area (Å²) in [5.41, 5.74) is 1.02. The maximum atomic E-state index is 12.4. The van der Waals surface area contributed by atoms with Crippen LogP contribution >= 0.6 is 11.6 Å². The molecular weight excluding hydrogens is 340 g/mol. The number of ether oxygens (including phenoxy) is 2. The Morgan fingerprint density at radius 2 is 2.12 bits per heavy atom. The van der Waals surface area contributed by atoms with Crippen LogP contribution in [0.2, 0.25) is 5.02 Å². The molecule has 0 spiro atoms. The third kappa shape index (κ3) is 5.00. The molecule has 0 fully saturated rings. The highest BCUT2D eigenvalue weighted by molar-refractivity contribution is 6.30. The zero-order valence-corrected chi connectivity index (χ0v) is 14.6. The number of hydrogen-bond donors (Lipinski definition) is 1. The molecule has 2 aromatic carbocycles. The number of nitriles is 1. The molecule has 25 heavy (non-hydrogen) atoms. The number of amides is 1. The molecule has 128 valence electrons. The smallest absolute Gasteiger partial charge is 0.266 e. The van der Waals surface area contributed by atoms with Crippen LogP contribution in [0.4, 0.5) is 5.69 Å². The van der Waals surface area contributed by atoms with E-state index in [1.54, 1.807) is 42.5 Å². The predicted molar refractivity (Wildman–Crippen MR) is 97.8 cm³/mol. The molecule has 0 heterocycles. The van der Waals surface area contributed by atoms with Gasteiger partial charge in [-0.2, -0.15) is 5.26 Å². The summed E-state index contributed by atoms with van der Waals surface area (Å²) < 4.78 is 10.6. The molecule has 0 saturated carbocycles. The minimum atomic E-state index is -0.529. The summed E-state index contributed by atoms with van der Waals surface area (Å²) in [7, 11) is 1.51. The van der Waals surface area contributed by atoms with Crippen LogP contribution in [0.15, 0.2) is 48.0 Å². The van der Waals surface area contributed by atoms with E-state index in [1.165, 1.54) is 13.2 Å². The maximum Gasteiger partial charge on any atom is 0.266 e. The summed E-state index contributed by atoms with van der Waals surface area (Å²) in [6.45, 7) is 2.40. The lowest BCUT2D eigenvalue weighted by Gasteiger charge is -2.08. The molecule has 5 nitrogen and oxygen atoms in total. The molecule has 2 rings (SSSR count). The number of carbonyl (C=O) groups is 1. The van der Waals surface area contributed by atoms with Crippen LogP contribution in [0, 0.1) is 11.3 Å². The van der Waals surface area contributed by atoms with Gasteiger partial charge in [-0.1, -0.05) is 17.7 Å². The van der Waals surface area contributed by atoms with Gasteiger partial charge < -0.3 is 14.8 Å². The molecule has 0 atom stereocenters. The van der Waals surface area contributed by atoms with Gasteiger partial charge in [0, 0.05) is 22.3 Å². The molecular formula is C19H17ClN2O3. The first-order valence-electron chi connectivity index (χ1n) is 7.57. The molecule has 0 aliphatic carbocycles. The molecule has 0 unspecified atom stereocenters. The van der Waals surface area contributed by atoms with Crippen molar-refractivity contribution in [3.05, 3.63) is 58.6 Å². The number of benzene rings is 2. The highest BCUT2D eigenvalue weighted by atomic mass is 35.5. The first-order valence-corrected chi connectivity index (χ1v) is 7.94. The van der Waals surface area contributed by atoms with E-state index in [0.29, 0.717) is 34.4 Å². The van der Waals surface area contributed by atoms with Crippen LogP contribution < -0.4 is 14.8 Å². The summed E-state index contributed by atoms with van der Waals surface area (Å²) in [5, 5.41) is 12.5. The van der Waals surface area contributed by atoms with Crippen LogP contribution in [0.25, 0.3) is 6.08 Å². The first kappa shape index (κ1) is 18.4. The Bertz CT molecular complexity index is 841. The van der Waals surface area contributed by atoms with E-state index in [9.17, 15) is 10.1 Å². The molecule has 6 heteroatoms.